The number of fused-ring (bicyclic) bond motifs is 1. The molecule has 0 radical (unpaired) electrons. The molecule has 1 fully saturated rings. The van der Waals surface area contributed by atoms with E-state index < -0.39 is 0 Å². The number of pyridine rings is 1. The zero-order valence-corrected chi connectivity index (χ0v) is 16.6. The molecule has 1 amide bonds. The number of likely N-dealkylation sites (tertiary alicyclic amines) is 1. The molecule has 0 unspecified atom stereocenters. The number of aryl methyl sites for hydroxylation is 1. The Balaban J connectivity index is 1.15. The second kappa shape index (κ2) is 8.10. The van der Waals surface area contributed by atoms with Gasteiger partial charge in [-0.05, 0) is 42.5 Å². The molecule has 5 rings (SSSR count). The van der Waals surface area contributed by atoms with Crippen molar-refractivity contribution in [3.63, 3.8) is 0 Å². The van der Waals surface area contributed by atoms with Gasteiger partial charge in [-0.2, -0.15) is 4.98 Å². The van der Waals surface area contributed by atoms with E-state index in [0.29, 0.717) is 30.5 Å². The van der Waals surface area contributed by atoms with Crippen molar-refractivity contribution in [3.8, 4) is 11.4 Å². The number of carbonyl (C=O) groups is 1. The topological polar surface area (TPSA) is 87.9 Å². The van der Waals surface area contributed by atoms with E-state index in [-0.39, 0.29) is 5.91 Å². The fraction of sp³-hybridized carbons (Fsp3) is 0.304. The van der Waals surface area contributed by atoms with Crippen LogP contribution in [0.2, 0.25) is 0 Å². The third-order valence-corrected chi connectivity index (χ3v) is 5.87. The van der Waals surface area contributed by atoms with E-state index in [9.17, 15) is 4.79 Å². The number of para-hydroxylation sites is 1. The summed E-state index contributed by atoms with van der Waals surface area (Å²) in [6.07, 6.45) is 8.32. The highest BCUT2D eigenvalue weighted by atomic mass is 16.5. The molecule has 1 N–H and O–H groups in total. The maximum Gasteiger partial charge on any atom is 0.227 e. The predicted octanol–water partition coefficient (Wildman–Crippen LogP) is 3.95. The first-order chi connectivity index (χ1) is 14.8. The summed E-state index contributed by atoms with van der Waals surface area (Å²) in [6.45, 7) is 1.57. The SMILES string of the molecule is O=C(CCc1nc(-c2ccncc2)no1)N1CCC(c2c[nH]c3ccccc23)CC1. The molecule has 1 aliphatic heterocycles. The van der Waals surface area contributed by atoms with E-state index in [0.717, 1.165) is 31.5 Å². The van der Waals surface area contributed by atoms with Crippen molar-refractivity contribution in [1.82, 2.24) is 25.0 Å². The van der Waals surface area contributed by atoms with E-state index in [1.54, 1.807) is 12.4 Å². The van der Waals surface area contributed by atoms with Crippen molar-refractivity contribution in [2.75, 3.05) is 13.1 Å². The summed E-state index contributed by atoms with van der Waals surface area (Å²) in [5.41, 5.74) is 3.40. The number of nitrogens with one attached hydrogen (secondary N) is 1. The summed E-state index contributed by atoms with van der Waals surface area (Å²) in [6, 6.07) is 12.1. The largest absolute Gasteiger partial charge is 0.361 e. The number of amides is 1. The van der Waals surface area contributed by atoms with Crippen LogP contribution in [0, 0.1) is 0 Å². The van der Waals surface area contributed by atoms with Gasteiger partial charge in [0, 0.05) is 61.0 Å². The van der Waals surface area contributed by atoms with Crippen LogP contribution in [-0.4, -0.2) is 44.0 Å². The normalized spacial score (nSPS) is 15.0. The lowest BCUT2D eigenvalue weighted by molar-refractivity contribution is -0.132. The van der Waals surface area contributed by atoms with E-state index in [4.69, 9.17) is 4.52 Å². The monoisotopic (exact) mass is 401 g/mol. The van der Waals surface area contributed by atoms with Crippen LogP contribution in [0.25, 0.3) is 22.3 Å². The molecule has 0 atom stereocenters. The Hall–Kier alpha value is -3.48. The Bertz CT molecular complexity index is 1140. The zero-order valence-electron chi connectivity index (χ0n) is 16.6. The zero-order chi connectivity index (χ0) is 20.3. The maximum atomic E-state index is 12.7. The van der Waals surface area contributed by atoms with E-state index in [1.165, 1.54) is 16.5 Å². The Labute approximate surface area is 174 Å². The van der Waals surface area contributed by atoms with Crippen LogP contribution in [0.4, 0.5) is 0 Å². The molecule has 0 bridgehead atoms. The van der Waals surface area contributed by atoms with Crippen LogP contribution in [0.5, 0.6) is 0 Å². The van der Waals surface area contributed by atoms with Crippen molar-refractivity contribution < 1.29 is 9.32 Å². The number of rotatable bonds is 5. The lowest BCUT2D eigenvalue weighted by atomic mass is 9.89. The lowest BCUT2D eigenvalue weighted by Gasteiger charge is -2.32. The molecule has 7 nitrogen and oxygen atoms in total. The Kier molecular flexibility index (Phi) is 5.01. The fourth-order valence-electron chi connectivity index (χ4n) is 4.22. The van der Waals surface area contributed by atoms with Gasteiger partial charge in [-0.3, -0.25) is 9.78 Å². The van der Waals surface area contributed by atoms with Gasteiger partial charge in [0.25, 0.3) is 0 Å². The van der Waals surface area contributed by atoms with Crippen LogP contribution in [-0.2, 0) is 11.2 Å². The molecule has 4 heterocycles. The van der Waals surface area contributed by atoms with E-state index in [1.807, 2.05) is 23.1 Å². The van der Waals surface area contributed by atoms with Crippen LogP contribution in [0.15, 0.2) is 59.5 Å². The fourth-order valence-corrected chi connectivity index (χ4v) is 4.22. The quantitative estimate of drug-likeness (QED) is 0.547. The van der Waals surface area contributed by atoms with Crippen molar-refractivity contribution in [2.24, 2.45) is 0 Å². The van der Waals surface area contributed by atoms with E-state index >= 15 is 0 Å². The van der Waals surface area contributed by atoms with Crippen LogP contribution in [0.3, 0.4) is 0 Å². The van der Waals surface area contributed by atoms with Crippen LogP contribution < -0.4 is 0 Å². The molecule has 7 heteroatoms. The molecule has 3 aromatic heterocycles. The number of piperidine rings is 1. The van der Waals surface area contributed by atoms with Gasteiger partial charge >= 0.3 is 0 Å². The molecule has 1 aromatic carbocycles. The maximum absolute atomic E-state index is 12.7. The highest BCUT2D eigenvalue weighted by Crippen LogP contribution is 2.33. The molecule has 1 saturated heterocycles. The minimum absolute atomic E-state index is 0.149. The molecular weight excluding hydrogens is 378 g/mol. The third-order valence-electron chi connectivity index (χ3n) is 5.87. The van der Waals surface area contributed by atoms with Crippen molar-refractivity contribution in [1.29, 1.82) is 0 Å². The first kappa shape index (κ1) is 18.5. The minimum Gasteiger partial charge on any atom is -0.361 e. The van der Waals surface area contributed by atoms with Gasteiger partial charge in [-0.15, -0.1) is 0 Å². The standard InChI is InChI=1S/C23H23N5O2/c29-22(6-5-21-26-23(27-30-21)17-7-11-24-12-8-17)28-13-9-16(10-14-28)19-15-25-20-4-2-1-3-18(19)20/h1-4,7-8,11-12,15-16,25H,5-6,9-10,13-14H2. The number of benzene rings is 1. The average molecular weight is 401 g/mol. The van der Waals surface area contributed by atoms with Gasteiger partial charge in [0.2, 0.25) is 17.6 Å². The molecule has 1 aliphatic rings. The van der Waals surface area contributed by atoms with Crippen molar-refractivity contribution in [2.45, 2.75) is 31.6 Å². The summed E-state index contributed by atoms with van der Waals surface area (Å²) in [5, 5.41) is 5.29. The number of carbonyl (C=O) groups excluding carboxylic acids is 1. The Morgan fingerprint density at radius 1 is 1.13 bits per heavy atom. The Morgan fingerprint density at radius 2 is 1.93 bits per heavy atom. The number of aromatic nitrogens is 4. The predicted molar refractivity (Wildman–Crippen MR) is 113 cm³/mol. The molecule has 0 saturated carbocycles. The van der Waals surface area contributed by atoms with E-state index in [2.05, 4.69) is 44.5 Å². The van der Waals surface area contributed by atoms with Gasteiger partial charge in [-0.25, -0.2) is 0 Å². The molecule has 0 spiro atoms. The second-order valence-electron chi connectivity index (χ2n) is 7.69. The van der Waals surface area contributed by atoms with Gasteiger partial charge in [0.1, 0.15) is 0 Å². The van der Waals surface area contributed by atoms with Crippen molar-refractivity contribution >= 4 is 16.8 Å². The summed E-state index contributed by atoms with van der Waals surface area (Å²) >= 11 is 0. The molecule has 30 heavy (non-hydrogen) atoms. The molecular formula is C23H23N5O2. The average Bonchev–Trinajstić information content (AvgIpc) is 3.46. The second-order valence-corrected chi connectivity index (χ2v) is 7.69. The molecule has 0 aliphatic carbocycles. The summed E-state index contributed by atoms with van der Waals surface area (Å²) in [5.74, 6) is 1.66. The smallest absolute Gasteiger partial charge is 0.227 e. The minimum atomic E-state index is 0.149. The first-order valence-electron chi connectivity index (χ1n) is 10.3. The Morgan fingerprint density at radius 3 is 2.77 bits per heavy atom. The number of nitrogens with zero attached hydrogens (tertiary/aromatic N) is 4. The number of hydrogen-bond donors (Lipinski definition) is 1. The number of H-pyrrole nitrogens is 1. The summed E-state index contributed by atoms with van der Waals surface area (Å²) in [7, 11) is 0. The van der Waals surface area contributed by atoms with Gasteiger partial charge in [0.15, 0.2) is 0 Å². The molecule has 152 valence electrons. The van der Waals surface area contributed by atoms with Crippen LogP contribution >= 0.6 is 0 Å². The highest BCUT2D eigenvalue weighted by Gasteiger charge is 2.25. The summed E-state index contributed by atoms with van der Waals surface area (Å²) in [4.78, 5) is 26.4. The van der Waals surface area contributed by atoms with Gasteiger partial charge in [-0.1, -0.05) is 23.4 Å². The third kappa shape index (κ3) is 3.70. The number of aromatic amines is 1. The van der Waals surface area contributed by atoms with Gasteiger partial charge < -0.3 is 14.4 Å². The molecule has 4 aromatic rings. The lowest BCUT2D eigenvalue weighted by Crippen LogP contribution is -2.38. The van der Waals surface area contributed by atoms with Crippen LogP contribution in [0.1, 0.15) is 36.6 Å². The first-order valence-corrected chi connectivity index (χ1v) is 10.3. The summed E-state index contributed by atoms with van der Waals surface area (Å²) < 4.78 is 5.31. The number of hydrogen-bond acceptors (Lipinski definition) is 5. The van der Waals surface area contributed by atoms with Gasteiger partial charge in [0.05, 0.1) is 0 Å². The highest BCUT2D eigenvalue weighted by molar-refractivity contribution is 5.83. The van der Waals surface area contributed by atoms with Crippen molar-refractivity contribution in [3.05, 3.63) is 66.4 Å².